The second-order valence-electron chi connectivity index (χ2n) is 6.65. The van der Waals surface area contributed by atoms with Crippen molar-refractivity contribution < 1.29 is 14.1 Å². The summed E-state index contributed by atoms with van der Waals surface area (Å²) in [7, 11) is 0. The number of amides is 1. The summed E-state index contributed by atoms with van der Waals surface area (Å²) in [5.41, 5.74) is 4.43. The third-order valence-electron chi connectivity index (χ3n) is 4.58. The number of para-hydroxylation sites is 2. The number of nitro groups is 1. The highest BCUT2D eigenvalue weighted by Crippen LogP contribution is 2.32. The van der Waals surface area contributed by atoms with Crippen molar-refractivity contribution in [1.29, 1.82) is 0 Å². The number of rotatable bonds is 6. The normalized spacial score (nSPS) is 11.3. The monoisotopic (exact) mass is 437 g/mol. The van der Waals surface area contributed by atoms with Gasteiger partial charge in [0.15, 0.2) is 0 Å². The van der Waals surface area contributed by atoms with Crippen LogP contribution in [-0.4, -0.2) is 26.6 Å². The number of fused-ring (bicyclic) bond motifs is 1. The molecule has 0 bridgehead atoms. The predicted molar refractivity (Wildman–Crippen MR) is 116 cm³/mol. The van der Waals surface area contributed by atoms with E-state index in [1.165, 1.54) is 24.4 Å². The summed E-state index contributed by atoms with van der Waals surface area (Å²) in [6, 6.07) is 14.9. The minimum absolute atomic E-state index is 0.0659. The first-order valence-corrected chi connectivity index (χ1v) is 9.58. The molecule has 0 fully saturated rings. The van der Waals surface area contributed by atoms with Gasteiger partial charge in [-0.05, 0) is 37.3 Å². The molecule has 0 unspecified atom stereocenters. The highest BCUT2D eigenvalue weighted by atomic mass is 35.5. The van der Waals surface area contributed by atoms with E-state index >= 15 is 0 Å². The Kier molecular flexibility index (Phi) is 5.50. The molecule has 0 radical (unpaired) electrons. The van der Waals surface area contributed by atoms with Gasteiger partial charge in [0, 0.05) is 17.7 Å². The summed E-state index contributed by atoms with van der Waals surface area (Å²) in [5.74, 6) is 1.10. The number of aryl methyl sites for hydroxylation is 1. The number of non-ortho nitro benzene ring substituents is 1. The molecule has 9 nitrogen and oxygen atoms in total. The van der Waals surface area contributed by atoms with Crippen LogP contribution in [0.25, 0.3) is 22.4 Å². The number of benzene rings is 2. The highest BCUT2D eigenvalue weighted by molar-refractivity contribution is 6.33. The Bertz CT molecular complexity index is 1320. The Morgan fingerprint density at radius 2 is 2.10 bits per heavy atom. The Labute approximate surface area is 181 Å². The lowest BCUT2D eigenvalue weighted by atomic mass is 10.1. The number of hydrogen-bond donors (Lipinski definition) is 1. The number of furan rings is 1. The fourth-order valence-electron chi connectivity index (χ4n) is 3.13. The van der Waals surface area contributed by atoms with E-state index in [1.807, 2.05) is 31.2 Å². The molecule has 156 valence electrons. The Morgan fingerprint density at radius 3 is 2.90 bits per heavy atom. The molecule has 1 amide bonds. The molecular formula is C21H16ClN5O4. The number of carbonyl (C=O) groups is 1. The van der Waals surface area contributed by atoms with Crippen molar-refractivity contribution in [1.82, 2.24) is 15.0 Å². The minimum Gasteiger partial charge on any atom is -0.455 e. The number of hydrazone groups is 1. The summed E-state index contributed by atoms with van der Waals surface area (Å²) in [4.78, 5) is 27.2. The zero-order chi connectivity index (χ0) is 22.0. The van der Waals surface area contributed by atoms with E-state index in [2.05, 4.69) is 15.5 Å². The Balaban J connectivity index is 1.44. The van der Waals surface area contributed by atoms with Crippen molar-refractivity contribution in [2.75, 3.05) is 0 Å². The minimum atomic E-state index is -0.508. The predicted octanol–water partition coefficient (Wildman–Crippen LogP) is 4.32. The van der Waals surface area contributed by atoms with Crippen LogP contribution in [0, 0.1) is 17.0 Å². The number of nitrogens with zero attached hydrogens (tertiary/aromatic N) is 4. The maximum absolute atomic E-state index is 12.3. The van der Waals surface area contributed by atoms with Gasteiger partial charge in [0.25, 0.3) is 11.6 Å². The van der Waals surface area contributed by atoms with Gasteiger partial charge >= 0.3 is 0 Å². The number of hydrogen-bond acceptors (Lipinski definition) is 6. The standard InChI is InChI=1S/C21H16ClN5O4/c1-13-24-18-4-2-3-5-19(18)26(13)12-21(28)25-23-11-15-7-9-20(31-15)16-10-14(27(29)30)6-8-17(16)22/h2-11H,12H2,1H3,(H,25,28). The molecule has 2 heterocycles. The zero-order valence-electron chi connectivity index (χ0n) is 16.3. The lowest BCUT2D eigenvalue weighted by molar-refractivity contribution is -0.384. The molecule has 0 aliphatic carbocycles. The maximum Gasteiger partial charge on any atom is 0.270 e. The van der Waals surface area contributed by atoms with E-state index in [0.717, 1.165) is 16.9 Å². The van der Waals surface area contributed by atoms with E-state index in [9.17, 15) is 14.9 Å². The second kappa shape index (κ2) is 8.41. The summed E-state index contributed by atoms with van der Waals surface area (Å²) in [5, 5.41) is 15.2. The van der Waals surface area contributed by atoms with Crippen LogP contribution < -0.4 is 5.43 Å². The highest BCUT2D eigenvalue weighted by Gasteiger charge is 2.14. The molecule has 4 aromatic rings. The molecule has 10 heteroatoms. The van der Waals surface area contributed by atoms with E-state index in [1.54, 1.807) is 16.7 Å². The zero-order valence-corrected chi connectivity index (χ0v) is 17.0. The van der Waals surface area contributed by atoms with Crippen LogP contribution in [0.5, 0.6) is 0 Å². The van der Waals surface area contributed by atoms with E-state index in [-0.39, 0.29) is 18.1 Å². The molecule has 31 heavy (non-hydrogen) atoms. The fourth-order valence-corrected chi connectivity index (χ4v) is 3.34. The first-order valence-electron chi connectivity index (χ1n) is 9.20. The molecule has 0 saturated heterocycles. The SMILES string of the molecule is Cc1nc2ccccc2n1CC(=O)NN=Cc1ccc(-c2cc([N+](=O)[O-])ccc2Cl)o1. The summed E-state index contributed by atoms with van der Waals surface area (Å²) in [6.07, 6.45) is 1.34. The molecule has 0 aliphatic heterocycles. The molecule has 4 rings (SSSR count). The Hall–Kier alpha value is -3.98. The van der Waals surface area contributed by atoms with Crippen molar-refractivity contribution in [3.05, 3.63) is 81.3 Å². The van der Waals surface area contributed by atoms with Gasteiger partial charge in [-0.25, -0.2) is 10.4 Å². The number of nitrogens with one attached hydrogen (secondary N) is 1. The second-order valence-corrected chi connectivity index (χ2v) is 7.06. The summed E-state index contributed by atoms with van der Waals surface area (Å²) >= 11 is 6.13. The molecular weight excluding hydrogens is 422 g/mol. The quantitative estimate of drug-likeness (QED) is 0.274. The van der Waals surface area contributed by atoms with Crippen LogP contribution in [0.4, 0.5) is 5.69 Å². The van der Waals surface area contributed by atoms with Gasteiger partial charge in [-0.3, -0.25) is 14.9 Å². The van der Waals surface area contributed by atoms with Crippen molar-refractivity contribution in [2.45, 2.75) is 13.5 Å². The van der Waals surface area contributed by atoms with E-state index < -0.39 is 4.92 Å². The number of halogens is 1. The molecule has 1 N–H and O–H groups in total. The van der Waals surface area contributed by atoms with Gasteiger partial charge in [0.05, 0.1) is 27.2 Å². The van der Waals surface area contributed by atoms with E-state index in [4.69, 9.17) is 16.0 Å². The molecule has 0 atom stereocenters. The average molecular weight is 438 g/mol. The van der Waals surface area contributed by atoms with Gasteiger partial charge in [-0.2, -0.15) is 5.10 Å². The van der Waals surface area contributed by atoms with Gasteiger partial charge < -0.3 is 8.98 Å². The van der Waals surface area contributed by atoms with Crippen LogP contribution in [0.3, 0.4) is 0 Å². The van der Waals surface area contributed by atoms with Crippen LogP contribution in [-0.2, 0) is 11.3 Å². The first-order chi connectivity index (χ1) is 14.9. The number of carbonyl (C=O) groups excluding carboxylic acids is 1. The van der Waals surface area contributed by atoms with Crippen LogP contribution >= 0.6 is 11.6 Å². The molecule has 2 aromatic carbocycles. The van der Waals surface area contributed by atoms with Crippen molar-refractivity contribution in [3.8, 4) is 11.3 Å². The van der Waals surface area contributed by atoms with Crippen LogP contribution in [0.1, 0.15) is 11.6 Å². The summed E-state index contributed by atoms with van der Waals surface area (Å²) in [6.45, 7) is 1.90. The molecule has 2 aromatic heterocycles. The van der Waals surface area contributed by atoms with Crippen molar-refractivity contribution in [2.24, 2.45) is 5.10 Å². The number of aromatic nitrogens is 2. The third kappa shape index (κ3) is 4.31. The number of imidazole rings is 1. The smallest absolute Gasteiger partial charge is 0.270 e. The first kappa shape index (κ1) is 20.3. The third-order valence-corrected chi connectivity index (χ3v) is 4.91. The van der Waals surface area contributed by atoms with Crippen LogP contribution in [0.15, 0.2) is 64.1 Å². The molecule has 0 spiro atoms. The molecule has 0 aliphatic rings. The van der Waals surface area contributed by atoms with Crippen LogP contribution in [0.2, 0.25) is 5.02 Å². The average Bonchev–Trinajstić information content (AvgIpc) is 3.33. The van der Waals surface area contributed by atoms with Gasteiger partial charge in [0.2, 0.25) is 0 Å². The van der Waals surface area contributed by atoms with Crippen molar-refractivity contribution in [3.63, 3.8) is 0 Å². The van der Waals surface area contributed by atoms with E-state index in [0.29, 0.717) is 22.1 Å². The van der Waals surface area contributed by atoms with Crippen molar-refractivity contribution >= 4 is 40.4 Å². The van der Waals surface area contributed by atoms with Gasteiger partial charge in [-0.15, -0.1) is 0 Å². The maximum atomic E-state index is 12.3. The molecule has 0 saturated carbocycles. The van der Waals surface area contributed by atoms with Gasteiger partial charge in [-0.1, -0.05) is 23.7 Å². The lowest BCUT2D eigenvalue weighted by Crippen LogP contribution is -2.23. The number of nitro benzene ring substituents is 1. The Morgan fingerprint density at radius 1 is 1.29 bits per heavy atom. The largest absolute Gasteiger partial charge is 0.455 e. The topological polar surface area (TPSA) is 116 Å². The lowest BCUT2D eigenvalue weighted by Gasteiger charge is -2.05. The van der Waals surface area contributed by atoms with Gasteiger partial charge in [0.1, 0.15) is 23.9 Å². The summed E-state index contributed by atoms with van der Waals surface area (Å²) < 4.78 is 7.43. The fraction of sp³-hybridized carbons (Fsp3) is 0.0952.